The maximum atomic E-state index is 13.1. The van der Waals surface area contributed by atoms with Crippen molar-refractivity contribution in [2.24, 2.45) is 5.92 Å². The molecule has 1 atom stereocenters. The SMILES string of the molecule is O=C(c1n[nH]c2ccccc12)N1CCC(N2CC(OCC3CC3)C23CCCCC3)CC1. The van der Waals surface area contributed by atoms with Gasteiger partial charge in [0.15, 0.2) is 5.69 Å². The summed E-state index contributed by atoms with van der Waals surface area (Å²) in [4.78, 5) is 17.9. The average molecular weight is 423 g/mol. The quantitative estimate of drug-likeness (QED) is 0.792. The topological polar surface area (TPSA) is 61.5 Å². The van der Waals surface area contributed by atoms with E-state index in [-0.39, 0.29) is 11.4 Å². The first-order valence-electron chi connectivity index (χ1n) is 12.4. The Morgan fingerprint density at radius 3 is 2.65 bits per heavy atom. The van der Waals surface area contributed by atoms with Gasteiger partial charge in [-0.2, -0.15) is 5.10 Å². The molecule has 2 aliphatic carbocycles. The van der Waals surface area contributed by atoms with E-state index in [1.54, 1.807) is 0 Å². The molecule has 2 aliphatic heterocycles. The van der Waals surface area contributed by atoms with Crippen LogP contribution in [0.5, 0.6) is 0 Å². The summed E-state index contributed by atoms with van der Waals surface area (Å²) in [5.74, 6) is 0.902. The van der Waals surface area contributed by atoms with Crippen molar-refractivity contribution in [2.75, 3.05) is 26.2 Å². The molecule has 4 aliphatic rings. The molecule has 31 heavy (non-hydrogen) atoms. The molecule has 0 bridgehead atoms. The highest BCUT2D eigenvalue weighted by Gasteiger charge is 2.56. The minimum absolute atomic E-state index is 0.0672. The summed E-state index contributed by atoms with van der Waals surface area (Å²) in [6.07, 6.45) is 11.9. The molecule has 1 N–H and O–H groups in total. The number of rotatable bonds is 5. The molecule has 1 aromatic heterocycles. The third-order valence-corrected chi connectivity index (χ3v) is 8.35. The van der Waals surface area contributed by atoms with Gasteiger partial charge in [0.1, 0.15) is 0 Å². The monoisotopic (exact) mass is 422 g/mol. The molecule has 3 heterocycles. The molecule has 2 aromatic rings. The normalized spacial score (nSPS) is 27.0. The van der Waals surface area contributed by atoms with Crippen LogP contribution in [0.4, 0.5) is 0 Å². The van der Waals surface area contributed by atoms with E-state index < -0.39 is 0 Å². The first-order chi connectivity index (χ1) is 15.2. The lowest BCUT2D eigenvalue weighted by molar-refractivity contribution is -0.202. The number of amides is 1. The molecular weight excluding hydrogens is 388 g/mol. The number of fused-ring (bicyclic) bond motifs is 1. The fraction of sp³-hybridized carbons (Fsp3) is 0.680. The first-order valence-corrected chi connectivity index (χ1v) is 12.4. The Kier molecular flexibility index (Phi) is 5.03. The molecule has 4 fully saturated rings. The van der Waals surface area contributed by atoms with Gasteiger partial charge in [0.2, 0.25) is 0 Å². The van der Waals surface area contributed by atoms with Crippen LogP contribution in [0.2, 0.25) is 0 Å². The third kappa shape index (κ3) is 3.48. The number of benzene rings is 1. The number of likely N-dealkylation sites (tertiary alicyclic amines) is 2. The van der Waals surface area contributed by atoms with Crippen molar-refractivity contribution in [3.05, 3.63) is 30.0 Å². The largest absolute Gasteiger partial charge is 0.375 e. The molecule has 6 nitrogen and oxygen atoms in total. The van der Waals surface area contributed by atoms with Gasteiger partial charge < -0.3 is 9.64 Å². The van der Waals surface area contributed by atoms with Gasteiger partial charge in [0.25, 0.3) is 5.91 Å². The van der Waals surface area contributed by atoms with E-state index in [9.17, 15) is 4.79 Å². The van der Waals surface area contributed by atoms with E-state index in [4.69, 9.17) is 4.74 Å². The summed E-state index contributed by atoms with van der Waals surface area (Å²) in [5, 5.41) is 8.25. The van der Waals surface area contributed by atoms with Crippen LogP contribution in [0, 0.1) is 5.92 Å². The fourth-order valence-electron chi connectivity index (χ4n) is 6.29. The van der Waals surface area contributed by atoms with Gasteiger partial charge in [-0.05, 0) is 50.5 Å². The van der Waals surface area contributed by atoms with E-state index in [0.29, 0.717) is 17.8 Å². The number of hydrogen-bond acceptors (Lipinski definition) is 4. The molecule has 2 saturated carbocycles. The molecule has 6 rings (SSSR count). The fourth-order valence-corrected chi connectivity index (χ4v) is 6.29. The summed E-state index contributed by atoms with van der Waals surface area (Å²) < 4.78 is 6.45. The van der Waals surface area contributed by atoms with E-state index in [2.05, 4.69) is 15.1 Å². The van der Waals surface area contributed by atoms with Crippen molar-refractivity contribution < 1.29 is 9.53 Å². The van der Waals surface area contributed by atoms with Gasteiger partial charge >= 0.3 is 0 Å². The Bertz CT molecular complexity index is 938. The second kappa shape index (κ2) is 7.89. The average Bonchev–Trinajstić information content (AvgIpc) is 3.55. The Hall–Kier alpha value is -1.92. The van der Waals surface area contributed by atoms with Crippen molar-refractivity contribution in [2.45, 2.75) is 75.5 Å². The van der Waals surface area contributed by atoms with E-state index in [1.807, 2.05) is 29.2 Å². The molecule has 1 amide bonds. The number of hydrogen-bond donors (Lipinski definition) is 1. The Labute approximate surface area is 184 Å². The highest BCUT2D eigenvalue weighted by atomic mass is 16.5. The van der Waals surface area contributed by atoms with E-state index >= 15 is 0 Å². The zero-order chi connectivity index (χ0) is 20.8. The summed E-state index contributed by atoms with van der Waals surface area (Å²) in [5.41, 5.74) is 1.77. The molecule has 6 heteroatoms. The number of aromatic amines is 1. The standard InChI is InChI=1S/C25H34N4O2/c30-24(23-20-6-2-3-7-21(20)26-27-23)28-14-10-19(11-15-28)29-16-22(31-17-18-8-9-18)25(29)12-4-1-5-13-25/h2-3,6-7,18-19,22H,1,4-5,8-17H2,(H,26,27). The maximum Gasteiger partial charge on any atom is 0.274 e. The number of aromatic nitrogens is 2. The maximum absolute atomic E-state index is 13.1. The number of para-hydroxylation sites is 1. The van der Waals surface area contributed by atoms with Crippen LogP contribution in [-0.2, 0) is 4.74 Å². The highest BCUT2D eigenvalue weighted by Crippen LogP contribution is 2.48. The molecule has 0 radical (unpaired) electrons. The molecule has 1 aromatic carbocycles. The second-order valence-corrected chi connectivity index (χ2v) is 10.2. The number of H-pyrrole nitrogens is 1. The van der Waals surface area contributed by atoms with Crippen LogP contribution in [0.3, 0.4) is 0 Å². The number of carbonyl (C=O) groups is 1. The van der Waals surface area contributed by atoms with Gasteiger partial charge in [-0.1, -0.05) is 37.5 Å². The summed E-state index contributed by atoms with van der Waals surface area (Å²) in [6.45, 7) is 3.72. The summed E-state index contributed by atoms with van der Waals surface area (Å²) in [6, 6.07) is 8.47. The second-order valence-electron chi connectivity index (χ2n) is 10.2. The number of ether oxygens (including phenoxy) is 1. The van der Waals surface area contributed by atoms with Crippen LogP contribution in [0.1, 0.15) is 68.3 Å². The Balaban J connectivity index is 1.11. The molecule has 2 saturated heterocycles. The zero-order valence-electron chi connectivity index (χ0n) is 18.4. The van der Waals surface area contributed by atoms with Gasteiger partial charge in [-0.25, -0.2) is 0 Å². The van der Waals surface area contributed by atoms with Crippen molar-refractivity contribution >= 4 is 16.8 Å². The highest BCUT2D eigenvalue weighted by molar-refractivity contribution is 6.04. The number of carbonyl (C=O) groups excluding carboxylic acids is 1. The minimum Gasteiger partial charge on any atom is -0.375 e. The molecular formula is C25H34N4O2. The van der Waals surface area contributed by atoms with Crippen molar-refractivity contribution in [3.63, 3.8) is 0 Å². The number of nitrogens with one attached hydrogen (secondary N) is 1. The van der Waals surface area contributed by atoms with Gasteiger partial charge in [0, 0.05) is 43.2 Å². The lowest BCUT2D eigenvalue weighted by atomic mass is 9.69. The van der Waals surface area contributed by atoms with Gasteiger partial charge in [-0.15, -0.1) is 0 Å². The molecule has 166 valence electrons. The first kappa shape index (κ1) is 19.7. The van der Waals surface area contributed by atoms with Crippen LogP contribution < -0.4 is 0 Å². The summed E-state index contributed by atoms with van der Waals surface area (Å²) in [7, 11) is 0. The smallest absolute Gasteiger partial charge is 0.274 e. The predicted molar refractivity (Wildman–Crippen MR) is 120 cm³/mol. The minimum atomic E-state index is 0.0672. The molecule has 1 unspecified atom stereocenters. The van der Waals surface area contributed by atoms with Crippen LogP contribution in [0.25, 0.3) is 10.9 Å². The lowest BCUT2D eigenvalue weighted by Crippen LogP contribution is -2.75. The lowest BCUT2D eigenvalue weighted by Gasteiger charge is -2.63. The Morgan fingerprint density at radius 2 is 1.87 bits per heavy atom. The zero-order valence-corrected chi connectivity index (χ0v) is 18.4. The van der Waals surface area contributed by atoms with E-state index in [1.165, 1.54) is 44.9 Å². The van der Waals surface area contributed by atoms with Crippen molar-refractivity contribution in [1.29, 1.82) is 0 Å². The van der Waals surface area contributed by atoms with Crippen molar-refractivity contribution in [3.8, 4) is 0 Å². The number of piperidine rings is 1. The van der Waals surface area contributed by atoms with Crippen LogP contribution >= 0.6 is 0 Å². The van der Waals surface area contributed by atoms with Gasteiger partial charge in [-0.3, -0.25) is 14.8 Å². The van der Waals surface area contributed by atoms with E-state index in [0.717, 1.165) is 55.9 Å². The van der Waals surface area contributed by atoms with Crippen LogP contribution in [-0.4, -0.2) is 69.8 Å². The predicted octanol–water partition coefficient (Wildman–Crippen LogP) is 3.98. The molecule has 1 spiro atoms. The van der Waals surface area contributed by atoms with Gasteiger partial charge in [0.05, 0.1) is 11.6 Å². The Morgan fingerprint density at radius 1 is 1.10 bits per heavy atom. The number of nitrogens with zero attached hydrogens (tertiary/aromatic N) is 3. The van der Waals surface area contributed by atoms with Crippen LogP contribution in [0.15, 0.2) is 24.3 Å². The third-order valence-electron chi connectivity index (χ3n) is 8.35. The summed E-state index contributed by atoms with van der Waals surface area (Å²) >= 11 is 0. The van der Waals surface area contributed by atoms with Crippen molar-refractivity contribution in [1.82, 2.24) is 20.0 Å².